The van der Waals surface area contributed by atoms with Crippen LogP contribution in [0.25, 0.3) is 10.2 Å². The van der Waals surface area contributed by atoms with Crippen LogP contribution in [0.1, 0.15) is 0 Å². The Morgan fingerprint density at radius 2 is 2.18 bits per heavy atom. The van der Waals surface area contributed by atoms with Crippen molar-refractivity contribution in [3.05, 3.63) is 46.4 Å². The molecule has 17 heavy (non-hydrogen) atoms. The molecule has 3 aromatic rings. The van der Waals surface area contributed by atoms with Gasteiger partial charge in [-0.15, -0.1) is 11.3 Å². The van der Waals surface area contributed by atoms with Crippen LogP contribution in [0.15, 0.2) is 46.4 Å². The van der Waals surface area contributed by atoms with Crippen LogP contribution in [0.5, 0.6) is 0 Å². The smallest absolute Gasteiger partial charge is 0.228 e. The van der Waals surface area contributed by atoms with Gasteiger partial charge in [0, 0.05) is 21.7 Å². The summed E-state index contributed by atoms with van der Waals surface area (Å²) in [7, 11) is 0. The molecule has 0 aliphatic carbocycles. The van der Waals surface area contributed by atoms with E-state index in [1.807, 2.05) is 41.9 Å². The van der Waals surface area contributed by atoms with Crippen LogP contribution < -0.4 is 5.32 Å². The largest absolute Gasteiger partial charge is 0.324 e. The van der Waals surface area contributed by atoms with Crippen molar-refractivity contribution in [3.63, 3.8) is 0 Å². The number of hydrogen-bond donors (Lipinski definition) is 1. The van der Waals surface area contributed by atoms with E-state index in [0.29, 0.717) is 5.95 Å². The highest BCUT2D eigenvalue weighted by Gasteiger charge is 2.01. The summed E-state index contributed by atoms with van der Waals surface area (Å²) < 4.78 is 1.03. The zero-order chi connectivity index (χ0) is 11.7. The Kier molecular flexibility index (Phi) is 2.78. The average molecular weight is 306 g/mol. The van der Waals surface area contributed by atoms with Gasteiger partial charge < -0.3 is 5.32 Å². The first-order valence-electron chi connectivity index (χ1n) is 5.04. The molecule has 0 aliphatic heterocycles. The van der Waals surface area contributed by atoms with Crippen LogP contribution in [0.3, 0.4) is 0 Å². The maximum atomic E-state index is 4.44. The molecule has 0 saturated heterocycles. The number of fused-ring (bicyclic) bond motifs is 1. The SMILES string of the molecule is Brc1cccc(Nc2ncc3ccsc3n2)c1. The molecular weight excluding hydrogens is 298 g/mol. The second-order valence-corrected chi connectivity index (χ2v) is 5.32. The number of benzene rings is 1. The number of thiophene rings is 1. The third-order valence-electron chi connectivity index (χ3n) is 2.29. The number of hydrogen-bond acceptors (Lipinski definition) is 4. The molecule has 0 unspecified atom stereocenters. The number of nitrogens with one attached hydrogen (secondary N) is 1. The summed E-state index contributed by atoms with van der Waals surface area (Å²) >= 11 is 5.05. The van der Waals surface area contributed by atoms with E-state index in [-0.39, 0.29) is 0 Å². The van der Waals surface area contributed by atoms with Gasteiger partial charge in [-0.05, 0) is 29.6 Å². The summed E-state index contributed by atoms with van der Waals surface area (Å²) in [5, 5.41) is 6.28. The molecule has 0 fully saturated rings. The molecule has 0 radical (unpaired) electrons. The zero-order valence-electron chi connectivity index (χ0n) is 8.72. The fraction of sp³-hybridized carbons (Fsp3) is 0. The van der Waals surface area contributed by atoms with E-state index in [1.54, 1.807) is 11.3 Å². The highest BCUT2D eigenvalue weighted by Crippen LogP contribution is 2.22. The summed E-state index contributed by atoms with van der Waals surface area (Å²) in [6.45, 7) is 0. The maximum absolute atomic E-state index is 4.44. The van der Waals surface area contributed by atoms with Gasteiger partial charge in [-0.1, -0.05) is 22.0 Å². The monoisotopic (exact) mass is 305 g/mol. The lowest BCUT2D eigenvalue weighted by molar-refractivity contribution is 1.22. The van der Waals surface area contributed by atoms with Crippen molar-refractivity contribution in [1.82, 2.24) is 9.97 Å². The van der Waals surface area contributed by atoms with Gasteiger partial charge in [0.15, 0.2) is 0 Å². The zero-order valence-corrected chi connectivity index (χ0v) is 11.1. The van der Waals surface area contributed by atoms with E-state index < -0.39 is 0 Å². The first kappa shape index (κ1) is 10.7. The fourth-order valence-electron chi connectivity index (χ4n) is 1.51. The Morgan fingerprint density at radius 1 is 1.24 bits per heavy atom. The Bertz CT molecular complexity index is 665. The van der Waals surface area contributed by atoms with Crippen LogP contribution >= 0.6 is 27.3 Å². The molecule has 84 valence electrons. The molecule has 1 N–H and O–H groups in total. The predicted octanol–water partition coefficient (Wildman–Crippen LogP) is 4.20. The quantitative estimate of drug-likeness (QED) is 0.771. The standard InChI is InChI=1S/C12H8BrN3S/c13-9-2-1-3-10(6-9)15-12-14-7-8-4-5-17-11(8)16-12/h1-7H,(H,14,15,16). The summed E-state index contributed by atoms with van der Waals surface area (Å²) in [4.78, 5) is 9.71. The van der Waals surface area contributed by atoms with Crippen LogP contribution in [0, 0.1) is 0 Å². The van der Waals surface area contributed by atoms with Gasteiger partial charge in [-0.2, -0.15) is 0 Å². The molecule has 2 aromatic heterocycles. The second-order valence-electron chi connectivity index (χ2n) is 3.51. The lowest BCUT2D eigenvalue weighted by atomic mass is 10.3. The minimum absolute atomic E-state index is 0.623. The Morgan fingerprint density at radius 3 is 3.06 bits per heavy atom. The van der Waals surface area contributed by atoms with Crippen molar-refractivity contribution in [2.75, 3.05) is 5.32 Å². The molecule has 3 rings (SSSR count). The van der Waals surface area contributed by atoms with Crippen molar-refractivity contribution >= 4 is 49.1 Å². The number of nitrogens with zero attached hydrogens (tertiary/aromatic N) is 2. The van der Waals surface area contributed by atoms with Gasteiger partial charge >= 0.3 is 0 Å². The third kappa shape index (κ3) is 2.30. The van der Waals surface area contributed by atoms with Crippen molar-refractivity contribution in [2.24, 2.45) is 0 Å². The maximum Gasteiger partial charge on any atom is 0.228 e. The molecule has 3 nitrogen and oxygen atoms in total. The molecule has 1 aromatic carbocycles. The van der Waals surface area contributed by atoms with Gasteiger partial charge in [-0.25, -0.2) is 9.97 Å². The molecule has 2 heterocycles. The lowest BCUT2D eigenvalue weighted by Gasteiger charge is -2.04. The molecular formula is C12H8BrN3S. The van der Waals surface area contributed by atoms with Gasteiger partial charge in [0.25, 0.3) is 0 Å². The molecule has 0 atom stereocenters. The normalized spacial score (nSPS) is 10.6. The van der Waals surface area contributed by atoms with E-state index in [2.05, 4.69) is 31.2 Å². The molecule has 0 bridgehead atoms. The summed E-state index contributed by atoms with van der Waals surface area (Å²) in [5.74, 6) is 0.623. The van der Waals surface area contributed by atoms with Gasteiger partial charge in [0.1, 0.15) is 4.83 Å². The summed E-state index contributed by atoms with van der Waals surface area (Å²) in [5.41, 5.74) is 0.968. The van der Waals surface area contributed by atoms with Gasteiger partial charge in [0.2, 0.25) is 5.95 Å². The van der Waals surface area contributed by atoms with Crippen LogP contribution in [-0.4, -0.2) is 9.97 Å². The minimum Gasteiger partial charge on any atom is -0.324 e. The van der Waals surface area contributed by atoms with Crippen molar-refractivity contribution < 1.29 is 0 Å². The second kappa shape index (κ2) is 4.43. The number of halogens is 1. The summed E-state index contributed by atoms with van der Waals surface area (Å²) in [6.07, 6.45) is 1.83. The van der Waals surface area contributed by atoms with E-state index in [4.69, 9.17) is 0 Å². The molecule has 0 amide bonds. The van der Waals surface area contributed by atoms with Crippen molar-refractivity contribution in [1.29, 1.82) is 0 Å². The molecule has 0 aliphatic rings. The Balaban J connectivity index is 1.94. The van der Waals surface area contributed by atoms with Crippen LogP contribution in [-0.2, 0) is 0 Å². The van der Waals surface area contributed by atoms with Crippen molar-refractivity contribution in [3.8, 4) is 0 Å². The molecule has 0 saturated carbocycles. The molecule has 5 heteroatoms. The lowest BCUT2D eigenvalue weighted by Crippen LogP contribution is -1.95. The fourth-order valence-corrected chi connectivity index (χ4v) is 2.65. The highest BCUT2D eigenvalue weighted by atomic mass is 79.9. The van der Waals surface area contributed by atoms with E-state index in [9.17, 15) is 0 Å². The Hall–Kier alpha value is -1.46. The average Bonchev–Trinajstić information content (AvgIpc) is 2.76. The third-order valence-corrected chi connectivity index (χ3v) is 3.60. The van der Waals surface area contributed by atoms with E-state index >= 15 is 0 Å². The van der Waals surface area contributed by atoms with Crippen LogP contribution in [0.2, 0.25) is 0 Å². The first-order valence-corrected chi connectivity index (χ1v) is 6.71. The summed E-state index contributed by atoms with van der Waals surface area (Å²) in [6, 6.07) is 9.93. The number of anilines is 2. The van der Waals surface area contributed by atoms with E-state index in [1.165, 1.54) is 0 Å². The van der Waals surface area contributed by atoms with Gasteiger partial charge in [-0.3, -0.25) is 0 Å². The molecule has 0 spiro atoms. The Labute approximate surface area is 111 Å². The number of rotatable bonds is 2. The topological polar surface area (TPSA) is 37.8 Å². The minimum atomic E-state index is 0.623. The highest BCUT2D eigenvalue weighted by molar-refractivity contribution is 9.10. The van der Waals surface area contributed by atoms with E-state index in [0.717, 1.165) is 20.4 Å². The van der Waals surface area contributed by atoms with Crippen molar-refractivity contribution in [2.45, 2.75) is 0 Å². The number of aromatic nitrogens is 2. The van der Waals surface area contributed by atoms with Gasteiger partial charge in [0.05, 0.1) is 0 Å². The van der Waals surface area contributed by atoms with Crippen LogP contribution in [0.4, 0.5) is 11.6 Å². The first-order chi connectivity index (χ1) is 8.31. The predicted molar refractivity (Wildman–Crippen MR) is 74.8 cm³/mol.